The fraction of sp³-hybridized carbons (Fsp3) is 0.545. The Kier molecular flexibility index (Phi) is 6.29. The van der Waals surface area contributed by atoms with Crippen LogP contribution in [0.15, 0.2) is 22.8 Å². The molecule has 0 radical (unpaired) electrons. The minimum absolute atomic E-state index is 0.166. The Morgan fingerprint density at radius 3 is 2.72 bits per heavy atom. The lowest BCUT2D eigenvalue weighted by molar-refractivity contribution is -0.122. The maximum Gasteiger partial charge on any atom is 0.223 e. The van der Waals surface area contributed by atoms with Gasteiger partial charge in [0.25, 0.3) is 0 Å². The Morgan fingerprint density at radius 2 is 2.22 bits per heavy atom. The molecular formula is C11H15Cl3N2O2. The topological polar surface area (TPSA) is 54.3 Å². The zero-order valence-electron chi connectivity index (χ0n) is 9.88. The van der Waals surface area contributed by atoms with E-state index in [4.69, 9.17) is 39.2 Å². The van der Waals surface area contributed by atoms with Gasteiger partial charge in [-0.3, -0.25) is 10.1 Å². The minimum atomic E-state index is -1.63. The quantitative estimate of drug-likeness (QED) is 0.627. The van der Waals surface area contributed by atoms with Gasteiger partial charge in [0, 0.05) is 6.42 Å². The van der Waals surface area contributed by atoms with E-state index in [9.17, 15) is 4.79 Å². The molecule has 0 spiro atoms. The summed E-state index contributed by atoms with van der Waals surface area (Å²) in [5.41, 5.74) is 0. The first-order valence-corrected chi connectivity index (χ1v) is 6.68. The Morgan fingerprint density at radius 1 is 1.50 bits per heavy atom. The lowest BCUT2D eigenvalue weighted by atomic mass is 10.3. The molecule has 7 heteroatoms. The summed E-state index contributed by atoms with van der Waals surface area (Å²) in [6.07, 6.45) is 1.90. The lowest BCUT2D eigenvalue weighted by Crippen LogP contribution is -2.53. The fourth-order valence-electron chi connectivity index (χ4n) is 1.32. The Hall–Kier alpha value is -0.420. The van der Waals surface area contributed by atoms with Crippen LogP contribution in [0.3, 0.4) is 0 Å². The van der Waals surface area contributed by atoms with Gasteiger partial charge in [-0.25, -0.2) is 0 Å². The van der Waals surface area contributed by atoms with E-state index < -0.39 is 9.96 Å². The van der Waals surface area contributed by atoms with Crippen LogP contribution in [0.1, 0.15) is 25.5 Å². The van der Waals surface area contributed by atoms with Crippen LogP contribution in [-0.4, -0.2) is 15.9 Å². The number of halogens is 3. The molecule has 1 heterocycles. The molecule has 0 saturated heterocycles. The van der Waals surface area contributed by atoms with Crippen molar-refractivity contribution in [3.8, 4) is 0 Å². The predicted octanol–water partition coefficient (Wildman–Crippen LogP) is 2.98. The number of furan rings is 1. The number of carbonyl (C=O) groups is 1. The molecule has 102 valence electrons. The summed E-state index contributed by atoms with van der Waals surface area (Å²) < 4.78 is 3.52. The second-order valence-corrected chi connectivity index (χ2v) is 6.12. The van der Waals surface area contributed by atoms with Crippen molar-refractivity contribution in [2.75, 3.05) is 0 Å². The fourth-order valence-corrected chi connectivity index (χ4v) is 1.72. The molecule has 1 rings (SSSR count). The van der Waals surface area contributed by atoms with Crippen molar-refractivity contribution in [1.82, 2.24) is 10.6 Å². The first kappa shape index (κ1) is 15.6. The molecule has 0 aliphatic heterocycles. The molecule has 0 unspecified atom stereocenters. The largest absolute Gasteiger partial charge is 0.468 e. The Balaban J connectivity index is 2.53. The van der Waals surface area contributed by atoms with Gasteiger partial charge >= 0.3 is 0 Å². The average Bonchev–Trinajstić information content (AvgIpc) is 2.75. The van der Waals surface area contributed by atoms with Gasteiger partial charge in [-0.2, -0.15) is 0 Å². The Bertz CT molecular complexity index is 363. The standard InChI is InChI=1S/C11H15Cl3N2O2/c1-2-4-9(17)16-10(11(12,13)14)15-7-8-5-3-6-18-8/h3,5-6,10,15H,2,4,7H2,1H3,(H,16,17)/t10-/m0/s1. The molecular weight excluding hydrogens is 298 g/mol. The number of amides is 1. The van der Waals surface area contributed by atoms with Crippen molar-refractivity contribution in [1.29, 1.82) is 0 Å². The molecule has 0 aliphatic rings. The van der Waals surface area contributed by atoms with E-state index in [1.54, 1.807) is 18.4 Å². The van der Waals surface area contributed by atoms with Crippen LogP contribution in [0, 0.1) is 0 Å². The second kappa shape index (κ2) is 7.24. The number of rotatable bonds is 6. The number of hydrogen-bond acceptors (Lipinski definition) is 3. The van der Waals surface area contributed by atoms with E-state index in [0.29, 0.717) is 18.7 Å². The minimum Gasteiger partial charge on any atom is -0.468 e. The van der Waals surface area contributed by atoms with Crippen molar-refractivity contribution >= 4 is 40.7 Å². The van der Waals surface area contributed by atoms with Crippen LogP contribution in [-0.2, 0) is 11.3 Å². The molecule has 1 amide bonds. The van der Waals surface area contributed by atoms with E-state index in [1.165, 1.54) is 0 Å². The van der Waals surface area contributed by atoms with Gasteiger partial charge in [0.1, 0.15) is 11.9 Å². The zero-order chi connectivity index (χ0) is 13.6. The third kappa shape index (κ3) is 5.48. The third-order valence-corrected chi connectivity index (χ3v) is 2.82. The summed E-state index contributed by atoms with van der Waals surface area (Å²) in [7, 11) is 0. The van der Waals surface area contributed by atoms with E-state index in [1.807, 2.05) is 6.92 Å². The van der Waals surface area contributed by atoms with Gasteiger partial charge in [-0.15, -0.1) is 0 Å². The molecule has 1 aromatic rings. The van der Waals surface area contributed by atoms with Crippen LogP contribution in [0.2, 0.25) is 0 Å². The highest BCUT2D eigenvalue weighted by atomic mass is 35.6. The normalized spacial score (nSPS) is 13.3. The smallest absolute Gasteiger partial charge is 0.223 e. The van der Waals surface area contributed by atoms with Crippen LogP contribution < -0.4 is 10.6 Å². The van der Waals surface area contributed by atoms with Crippen molar-refractivity contribution < 1.29 is 9.21 Å². The SMILES string of the molecule is CCCC(=O)N[C@H](NCc1ccco1)C(Cl)(Cl)Cl. The highest BCUT2D eigenvalue weighted by Gasteiger charge is 2.33. The monoisotopic (exact) mass is 312 g/mol. The van der Waals surface area contributed by atoms with Gasteiger partial charge in [0.15, 0.2) is 0 Å². The summed E-state index contributed by atoms with van der Waals surface area (Å²) in [5.74, 6) is 0.528. The molecule has 0 bridgehead atoms. The van der Waals surface area contributed by atoms with Crippen LogP contribution >= 0.6 is 34.8 Å². The van der Waals surface area contributed by atoms with Crippen LogP contribution in [0.5, 0.6) is 0 Å². The van der Waals surface area contributed by atoms with Gasteiger partial charge in [0.05, 0.1) is 12.8 Å². The molecule has 0 saturated carbocycles. The number of hydrogen-bond donors (Lipinski definition) is 2. The average molecular weight is 314 g/mol. The molecule has 4 nitrogen and oxygen atoms in total. The van der Waals surface area contributed by atoms with E-state index in [2.05, 4.69) is 10.6 Å². The molecule has 2 N–H and O–H groups in total. The van der Waals surface area contributed by atoms with Crippen molar-refractivity contribution in [3.63, 3.8) is 0 Å². The Labute approximate surface area is 121 Å². The summed E-state index contributed by atoms with van der Waals surface area (Å²) in [5, 5.41) is 5.56. The van der Waals surface area contributed by atoms with Gasteiger partial charge in [0.2, 0.25) is 9.70 Å². The van der Waals surface area contributed by atoms with Gasteiger partial charge in [-0.1, -0.05) is 41.7 Å². The summed E-state index contributed by atoms with van der Waals surface area (Å²) in [6.45, 7) is 2.26. The van der Waals surface area contributed by atoms with E-state index in [-0.39, 0.29) is 5.91 Å². The van der Waals surface area contributed by atoms with Crippen LogP contribution in [0.25, 0.3) is 0 Å². The maximum absolute atomic E-state index is 11.5. The van der Waals surface area contributed by atoms with E-state index in [0.717, 1.165) is 6.42 Å². The molecule has 1 aromatic heterocycles. The molecule has 18 heavy (non-hydrogen) atoms. The maximum atomic E-state index is 11.5. The number of nitrogens with one attached hydrogen (secondary N) is 2. The first-order valence-electron chi connectivity index (χ1n) is 5.55. The first-order chi connectivity index (χ1) is 8.43. The van der Waals surface area contributed by atoms with E-state index >= 15 is 0 Å². The van der Waals surface area contributed by atoms with Crippen molar-refractivity contribution in [3.05, 3.63) is 24.2 Å². The third-order valence-electron chi connectivity index (χ3n) is 2.17. The predicted molar refractivity (Wildman–Crippen MR) is 72.7 cm³/mol. The number of alkyl halides is 3. The summed E-state index contributed by atoms with van der Waals surface area (Å²) >= 11 is 17.4. The molecule has 0 aromatic carbocycles. The summed E-state index contributed by atoms with van der Waals surface area (Å²) in [4.78, 5) is 11.5. The van der Waals surface area contributed by atoms with Crippen molar-refractivity contribution in [2.24, 2.45) is 0 Å². The van der Waals surface area contributed by atoms with Gasteiger partial charge in [-0.05, 0) is 18.6 Å². The summed E-state index contributed by atoms with van der Waals surface area (Å²) in [6, 6.07) is 3.55. The molecule has 0 fully saturated rings. The lowest BCUT2D eigenvalue weighted by Gasteiger charge is -2.26. The van der Waals surface area contributed by atoms with Crippen molar-refractivity contribution in [2.45, 2.75) is 36.3 Å². The second-order valence-electron chi connectivity index (χ2n) is 3.75. The molecule has 0 aliphatic carbocycles. The number of carbonyl (C=O) groups excluding carboxylic acids is 1. The molecule has 1 atom stereocenters. The highest BCUT2D eigenvalue weighted by Crippen LogP contribution is 2.29. The van der Waals surface area contributed by atoms with Crippen LogP contribution in [0.4, 0.5) is 0 Å². The zero-order valence-corrected chi connectivity index (χ0v) is 12.1. The van der Waals surface area contributed by atoms with Gasteiger partial charge < -0.3 is 9.73 Å². The highest BCUT2D eigenvalue weighted by molar-refractivity contribution is 6.68.